The van der Waals surface area contributed by atoms with Crippen molar-refractivity contribution in [2.45, 2.75) is 58.8 Å². The molecule has 8 nitrogen and oxygen atoms in total. The van der Waals surface area contributed by atoms with Gasteiger partial charge in [-0.2, -0.15) is 0 Å². The van der Waals surface area contributed by atoms with Gasteiger partial charge < -0.3 is 34.6 Å². The summed E-state index contributed by atoms with van der Waals surface area (Å²) >= 11 is 0. The fraction of sp³-hybridized carbons (Fsp3) is 0.221. The fourth-order valence-corrected chi connectivity index (χ4v) is 12.3. The second-order valence-corrected chi connectivity index (χ2v) is 25.0. The van der Waals surface area contributed by atoms with Crippen molar-refractivity contribution in [2.75, 3.05) is 81.8 Å². The maximum absolute atomic E-state index is 3.28. The van der Waals surface area contributed by atoms with Gasteiger partial charge in [0.2, 0.25) is 0 Å². The van der Waals surface area contributed by atoms with Crippen molar-refractivity contribution < 1.29 is 0 Å². The predicted molar refractivity (Wildman–Crippen MR) is 371 cm³/mol. The van der Waals surface area contributed by atoms with E-state index in [9.17, 15) is 0 Å². The van der Waals surface area contributed by atoms with Gasteiger partial charge in [0.25, 0.3) is 0 Å². The summed E-state index contributed by atoms with van der Waals surface area (Å²) in [5.74, 6) is 0. The molecular formula is C77H82N8. The molecule has 0 aliphatic heterocycles. The third-order valence-electron chi connectivity index (χ3n) is 16.8. The summed E-state index contributed by atoms with van der Waals surface area (Å²) in [6.07, 6.45) is 1.01. The Labute approximate surface area is 503 Å². The minimum Gasteiger partial charge on any atom is -0.388 e. The molecule has 13 aromatic rings. The van der Waals surface area contributed by atoms with E-state index in [1.807, 2.05) is 14.1 Å². The summed E-state index contributed by atoms with van der Waals surface area (Å²) < 4.78 is 6.98. The summed E-state index contributed by atoms with van der Waals surface area (Å²) in [6, 6.07) is 78.7. The second kappa shape index (κ2) is 23.3. The average molecular weight is 1120 g/mol. The summed E-state index contributed by atoms with van der Waals surface area (Å²) in [4.78, 5) is 4.26. The fourth-order valence-electron chi connectivity index (χ4n) is 12.3. The van der Waals surface area contributed by atoms with Crippen LogP contribution < -0.4 is 25.4 Å². The molecule has 430 valence electrons. The third-order valence-corrected chi connectivity index (χ3v) is 16.8. The van der Waals surface area contributed by atoms with Gasteiger partial charge in [-0.15, -0.1) is 0 Å². The molecule has 0 fully saturated rings. The van der Waals surface area contributed by atoms with E-state index in [2.05, 4.69) is 341 Å². The van der Waals surface area contributed by atoms with Crippen LogP contribution in [0.15, 0.2) is 218 Å². The molecule has 0 radical (unpaired) electrons. The molecule has 10 aromatic carbocycles. The molecule has 1 aliphatic carbocycles. The summed E-state index contributed by atoms with van der Waals surface area (Å²) in [6.45, 7) is 13.7. The van der Waals surface area contributed by atoms with Gasteiger partial charge in [0.15, 0.2) is 0 Å². The minimum absolute atomic E-state index is 0.123. The van der Waals surface area contributed by atoms with Crippen LogP contribution in [0, 0.1) is 0 Å². The van der Waals surface area contributed by atoms with Gasteiger partial charge in [0.05, 0.1) is 33.1 Å². The highest BCUT2D eigenvalue weighted by atomic mass is 15.5. The first-order chi connectivity index (χ1) is 40.9. The molecule has 2 N–H and O–H groups in total. The van der Waals surface area contributed by atoms with Gasteiger partial charge >= 0.3 is 0 Å². The smallest absolute Gasteiger partial charge is 0.0707 e. The van der Waals surface area contributed by atoms with Crippen LogP contribution in [0.25, 0.3) is 87.9 Å². The Hall–Kier alpha value is -9.40. The highest BCUT2D eigenvalue weighted by Crippen LogP contribution is 2.43. The highest BCUT2D eigenvalue weighted by Gasteiger charge is 2.24. The summed E-state index contributed by atoms with van der Waals surface area (Å²) in [7, 11) is 16.4. The number of rotatable bonds is 7. The van der Waals surface area contributed by atoms with Gasteiger partial charge in [0, 0.05) is 129 Å². The molecule has 0 unspecified atom stereocenters. The van der Waals surface area contributed by atoms with Crippen LogP contribution in [0.2, 0.25) is 0 Å². The Morgan fingerprint density at radius 3 is 1.00 bits per heavy atom. The van der Waals surface area contributed by atoms with E-state index in [0.717, 1.165) is 6.42 Å². The van der Waals surface area contributed by atoms with E-state index in [0.29, 0.717) is 0 Å². The molecule has 3 aromatic heterocycles. The Bertz CT molecular complexity index is 4290. The van der Waals surface area contributed by atoms with Crippen LogP contribution in [0.3, 0.4) is 0 Å². The lowest BCUT2D eigenvalue weighted by molar-refractivity contribution is 0.590. The minimum atomic E-state index is 0.123. The number of fused-ring (bicyclic) bond motifs is 12. The molecule has 0 saturated carbocycles. The van der Waals surface area contributed by atoms with Crippen molar-refractivity contribution in [3.8, 4) is 22.5 Å². The van der Waals surface area contributed by atoms with Crippen LogP contribution in [0.5, 0.6) is 0 Å². The first-order valence-electron chi connectivity index (χ1n) is 29.7. The van der Waals surface area contributed by atoms with Crippen LogP contribution in [0.4, 0.5) is 22.7 Å². The van der Waals surface area contributed by atoms with Gasteiger partial charge in [-0.3, -0.25) is 4.68 Å². The Kier molecular flexibility index (Phi) is 15.8. The highest BCUT2D eigenvalue weighted by molar-refractivity contribution is 6.11. The standard InChI is InChI=1S/C28H34N2.C20H18N2.C15H16N2.C14H14N2/c1-27(2,3)19-9-15-25-23(17-19)24-18-20(28(4,5)6)10-16-26(24)30(25)22-13-11-21(12-14-22)29(7)8;1-21(2)15-11-13-16(14-12-15)22-19-9-5-3-7-17(19)18-8-4-6-10-20(18)22;1-16-14-7-3-5-10-11-6-4-8-15(17-2)13(11)9-12(10)14;1-15(2)16-13-9-5-3-7-11(13)12-8-4-6-10-14(12)16/h9-18H,1-8H3;3-14H,1-2H3;3-8,16-17H,9H2,1-2H3;3-10H,1-2H3. The third kappa shape index (κ3) is 11.1. The lowest BCUT2D eigenvalue weighted by atomic mass is 9.85. The predicted octanol–water partition coefficient (Wildman–Crippen LogP) is 18.6. The van der Waals surface area contributed by atoms with Gasteiger partial charge in [-0.05, 0) is 153 Å². The van der Waals surface area contributed by atoms with Crippen molar-refractivity contribution in [2.24, 2.45) is 0 Å². The van der Waals surface area contributed by atoms with Crippen molar-refractivity contribution >= 4 is 88.2 Å². The second-order valence-electron chi connectivity index (χ2n) is 25.0. The maximum atomic E-state index is 3.28. The molecule has 1 aliphatic rings. The first-order valence-corrected chi connectivity index (χ1v) is 29.7. The molecule has 0 saturated heterocycles. The molecule has 0 bridgehead atoms. The van der Waals surface area contributed by atoms with E-state index in [1.54, 1.807) is 0 Å². The van der Waals surface area contributed by atoms with E-state index < -0.39 is 0 Å². The number of aromatic nitrogens is 3. The van der Waals surface area contributed by atoms with Crippen molar-refractivity contribution in [3.63, 3.8) is 0 Å². The number of nitrogens with zero attached hydrogens (tertiary/aromatic N) is 6. The number of benzene rings is 10. The molecule has 0 amide bonds. The quantitative estimate of drug-likeness (QED) is 0.167. The molecule has 0 spiro atoms. The molecule has 0 atom stereocenters. The van der Waals surface area contributed by atoms with Crippen molar-refractivity contribution in [1.29, 1.82) is 0 Å². The Balaban J connectivity index is 0.000000122. The number of para-hydroxylation sites is 4. The van der Waals surface area contributed by atoms with Crippen LogP contribution in [-0.4, -0.2) is 70.2 Å². The molecule has 3 heterocycles. The number of anilines is 4. The Morgan fingerprint density at radius 2 is 0.671 bits per heavy atom. The van der Waals surface area contributed by atoms with Crippen LogP contribution in [0.1, 0.15) is 63.8 Å². The first kappa shape index (κ1) is 57.4. The van der Waals surface area contributed by atoms with E-state index in [-0.39, 0.29) is 10.8 Å². The lowest BCUT2D eigenvalue weighted by Crippen LogP contribution is -2.24. The van der Waals surface area contributed by atoms with E-state index in [4.69, 9.17) is 0 Å². The maximum Gasteiger partial charge on any atom is 0.0707 e. The normalized spacial score (nSPS) is 11.8. The van der Waals surface area contributed by atoms with Crippen molar-refractivity contribution in [1.82, 2.24) is 13.8 Å². The summed E-state index contributed by atoms with van der Waals surface area (Å²) in [5, 5.41) is 16.6. The van der Waals surface area contributed by atoms with Crippen LogP contribution in [-0.2, 0) is 17.3 Å². The van der Waals surface area contributed by atoms with Gasteiger partial charge in [0.1, 0.15) is 0 Å². The molecular weight excluding hydrogens is 1040 g/mol. The zero-order chi connectivity index (χ0) is 59.9. The average Bonchev–Trinajstić information content (AvgIpc) is 2.46. The topological polar surface area (TPSA) is 48.6 Å². The molecule has 85 heavy (non-hydrogen) atoms. The zero-order valence-corrected chi connectivity index (χ0v) is 52.2. The monoisotopic (exact) mass is 1120 g/mol. The lowest BCUT2D eigenvalue weighted by Gasteiger charge is -2.19. The molecule has 8 heteroatoms. The largest absolute Gasteiger partial charge is 0.388 e. The zero-order valence-electron chi connectivity index (χ0n) is 52.2. The SMILES string of the molecule is CN(C)c1ccc(-n2c3ccc(C(C)(C)C)cc3c3cc(C(C)(C)C)ccc32)cc1.CN(C)c1ccc(-n2c3ccccc3c3ccccc32)cc1.CN(C)n1c2ccccc2c2ccccc21.CNc1cccc2c1Cc1c(NC)cccc1-2. The van der Waals surface area contributed by atoms with Gasteiger partial charge in [-0.25, -0.2) is 0 Å². The summed E-state index contributed by atoms with van der Waals surface area (Å²) in [5.41, 5.74) is 23.4. The Morgan fingerprint density at radius 1 is 0.341 bits per heavy atom. The number of hydrogen-bond acceptors (Lipinski definition) is 5. The van der Waals surface area contributed by atoms with Gasteiger partial charge in [-0.1, -0.05) is 151 Å². The van der Waals surface area contributed by atoms with E-state index >= 15 is 0 Å². The number of hydrogen-bond donors (Lipinski definition) is 2. The van der Waals surface area contributed by atoms with Crippen LogP contribution >= 0.6 is 0 Å². The van der Waals surface area contributed by atoms with Crippen molar-refractivity contribution in [3.05, 3.63) is 241 Å². The number of nitrogens with one attached hydrogen (secondary N) is 2. The van der Waals surface area contributed by atoms with E-state index in [1.165, 1.54) is 133 Å². The molecule has 14 rings (SSSR count).